The Labute approximate surface area is 92.4 Å². The van der Waals surface area contributed by atoms with E-state index in [4.69, 9.17) is 0 Å². The topological polar surface area (TPSA) is 35.6 Å². The monoisotopic (exact) mass is 239 g/mol. The molecule has 1 heterocycles. The van der Waals surface area contributed by atoms with Gasteiger partial charge in [0.05, 0.1) is 0 Å². The summed E-state index contributed by atoms with van der Waals surface area (Å²) < 4.78 is 35.5. The fourth-order valence-corrected chi connectivity index (χ4v) is 1.50. The number of likely N-dealkylation sites (N-methyl/N-ethyl adjacent to an activating group) is 1. The Kier molecular flexibility index (Phi) is 4.55. The molecule has 0 atom stereocenters. The molecule has 0 aliphatic carbocycles. The summed E-state index contributed by atoms with van der Waals surface area (Å²) in [6.45, 7) is 3.99. The molecule has 16 heavy (non-hydrogen) atoms. The van der Waals surface area contributed by atoms with E-state index in [1.54, 1.807) is 0 Å². The molecule has 4 nitrogen and oxygen atoms in total. The van der Waals surface area contributed by atoms with Gasteiger partial charge in [0.2, 0.25) is 0 Å². The van der Waals surface area contributed by atoms with Crippen LogP contribution in [0, 0.1) is 0 Å². The van der Waals surface area contributed by atoms with Crippen molar-refractivity contribution >= 4 is 5.91 Å². The third-order valence-corrected chi connectivity index (χ3v) is 2.57. The maximum absolute atomic E-state index is 11.8. The second-order valence-corrected chi connectivity index (χ2v) is 3.90. The van der Waals surface area contributed by atoms with Gasteiger partial charge in [0.15, 0.2) is 0 Å². The van der Waals surface area contributed by atoms with Crippen molar-refractivity contribution < 1.29 is 18.0 Å². The first-order valence-corrected chi connectivity index (χ1v) is 5.15. The van der Waals surface area contributed by atoms with Crippen molar-refractivity contribution in [3.05, 3.63) is 0 Å². The van der Waals surface area contributed by atoms with Crippen molar-refractivity contribution in [3.8, 4) is 0 Å². The van der Waals surface area contributed by atoms with Crippen LogP contribution in [-0.2, 0) is 4.79 Å². The minimum Gasteiger partial charge on any atom is -0.347 e. The molecule has 0 aromatic carbocycles. The highest BCUT2D eigenvalue weighted by Gasteiger charge is 2.38. The van der Waals surface area contributed by atoms with Crippen LogP contribution in [-0.4, -0.2) is 68.2 Å². The van der Waals surface area contributed by atoms with Crippen molar-refractivity contribution in [1.82, 2.24) is 15.1 Å². The Morgan fingerprint density at radius 2 is 1.81 bits per heavy atom. The minimum atomic E-state index is -4.78. The quantitative estimate of drug-likeness (QED) is 0.748. The van der Waals surface area contributed by atoms with Crippen LogP contribution in [0.25, 0.3) is 0 Å². The second kappa shape index (κ2) is 5.49. The third-order valence-electron chi connectivity index (χ3n) is 2.57. The molecule has 0 spiro atoms. The van der Waals surface area contributed by atoms with Gasteiger partial charge in [-0.3, -0.25) is 9.69 Å². The molecule has 1 fully saturated rings. The van der Waals surface area contributed by atoms with Crippen molar-refractivity contribution in [2.45, 2.75) is 6.18 Å². The SMILES string of the molecule is CN1CCN(CCNC(=O)C(F)(F)F)CC1. The zero-order valence-corrected chi connectivity index (χ0v) is 9.18. The first kappa shape index (κ1) is 13.2. The van der Waals surface area contributed by atoms with E-state index in [2.05, 4.69) is 4.90 Å². The molecule has 1 amide bonds. The van der Waals surface area contributed by atoms with E-state index in [1.165, 1.54) is 0 Å². The minimum absolute atomic E-state index is 0.0437. The summed E-state index contributed by atoms with van der Waals surface area (Å²) >= 11 is 0. The molecular weight excluding hydrogens is 223 g/mol. The van der Waals surface area contributed by atoms with E-state index < -0.39 is 12.1 Å². The lowest BCUT2D eigenvalue weighted by Gasteiger charge is -2.32. The normalized spacial score (nSPS) is 19.8. The molecular formula is C9H16F3N3O. The highest BCUT2D eigenvalue weighted by molar-refractivity contribution is 5.81. The lowest BCUT2D eigenvalue weighted by Crippen LogP contribution is -2.48. The van der Waals surface area contributed by atoms with Crippen LogP contribution < -0.4 is 5.32 Å². The van der Waals surface area contributed by atoms with E-state index in [0.717, 1.165) is 26.2 Å². The summed E-state index contributed by atoms with van der Waals surface area (Å²) in [5, 5.41) is 1.86. The predicted octanol–water partition coefficient (Wildman–Crippen LogP) is -0.0877. The molecule has 0 aromatic heterocycles. The summed E-state index contributed by atoms with van der Waals surface area (Å²) in [4.78, 5) is 14.7. The third kappa shape index (κ3) is 4.36. The van der Waals surface area contributed by atoms with Gasteiger partial charge in [-0.05, 0) is 7.05 Å². The number of carbonyl (C=O) groups is 1. The number of rotatable bonds is 3. The van der Waals surface area contributed by atoms with Gasteiger partial charge in [0.1, 0.15) is 0 Å². The van der Waals surface area contributed by atoms with E-state index in [-0.39, 0.29) is 6.54 Å². The number of nitrogens with zero attached hydrogens (tertiary/aromatic N) is 2. The zero-order chi connectivity index (χ0) is 12.2. The van der Waals surface area contributed by atoms with E-state index in [1.807, 2.05) is 17.3 Å². The number of halogens is 3. The van der Waals surface area contributed by atoms with Gasteiger partial charge in [0.25, 0.3) is 0 Å². The first-order valence-electron chi connectivity index (χ1n) is 5.15. The maximum atomic E-state index is 11.8. The van der Waals surface area contributed by atoms with Crippen molar-refractivity contribution in [2.75, 3.05) is 46.3 Å². The number of piperazine rings is 1. The number of alkyl halides is 3. The smallest absolute Gasteiger partial charge is 0.347 e. The van der Waals surface area contributed by atoms with E-state index in [0.29, 0.717) is 6.54 Å². The standard InChI is InChI=1S/C9H16F3N3O/c1-14-4-6-15(7-5-14)3-2-13-8(16)9(10,11)12/h2-7H2,1H3,(H,13,16). The Hall–Kier alpha value is -0.820. The maximum Gasteiger partial charge on any atom is 0.471 e. The summed E-state index contributed by atoms with van der Waals surface area (Å²) in [7, 11) is 2.00. The molecule has 1 saturated heterocycles. The average Bonchev–Trinajstić information content (AvgIpc) is 2.19. The van der Waals surface area contributed by atoms with Gasteiger partial charge < -0.3 is 10.2 Å². The molecule has 0 saturated carbocycles. The van der Waals surface area contributed by atoms with Crippen LogP contribution in [0.4, 0.5) is 13.2 Å². The van der Waals surface area contributed by atoms with E-state index >= 15 is 0 Å². The first-order chi connectivity index (χ1) is 7.39. The summed E-state index contributed by atoms with van der Waals surface area (Å²) in [5.74, 6) is -1.86. The Morgan fingerprint density at radius 3 is 2.31 bits per heavy atom. The van der Waals surface area contributed by atoms with Gasteiger partial charge in [-0.25, -0.2) is 0 Å². The second-order valence-electron chi connectivity index (χ2n) is 3.90. The Morgan fingerprint density at radius 1 is 1.25 bits per heavy atom. The van der Waals surface area contributed by atoms with Crippen LogP contribution in [0.1, 0.15) is 0 Å². The van der Waals surface area contributed by atoms with Gasteiger partial charge in [0, 0.05) is 39.3 Å². The van der Waals surface area contributed by atoms with Crippen molar-refractivity contribution in [1.29, 1.82) is 0 Å². The lowest BCUT2D eigenvalue weighted by molar-refractivity contribution is -0.173. The zero-order valence-electron chi connectivity index (χ0n) is 9.18. The molecule has 1 N–H and O–H groups in total. The number of amides is 1. The Balaban J connectivity index is 2.14. The lowest BCUT2D eigenvalue weighted by atomic mass is 10.3. The number of nitrogens with one attached hydrogen (secondary N) is 1. The molecule has 0 radical (unpaired) electrons. The summed E-state index contributed by atoms with van der Waals surface area (Å²) in [6, 6.07) is 0. The van der Waals surface area contributed by atoms with Crippen molar-refractivity contribution in [3.63, 3.8) is 0 Å². The molecule has 1 aliphatic rings. The molecule has 1 rings (SSSR count). The average molecular weight is 239 g/mol. The highest BCUT2D eigenvalue weighted by Crippen LogP contribution is 2.13. The van der Waals surface area contributed by atoms with Crippen LogP contribution in [0.5, 0.6) is 0 Å². The van der Waals surface area contributed by atoms with Gasteiger partial charge >= 0.3 is 12.1 Å². The van der Waals surface area contributed by atoms with Crippen LogP contribution in [0.3, 0.4) is 0 Å². The predicted molar refractivity (Wildman–Crippen MR) is 53.0 cm³/mol. The highest BCUT2D eigenvalue weighted by atomic mass is 19.4. The fourth-order valence-electron chi connectivity index (χ4n) is 1.50. The number of carbonyl (C=O) groups excluding carboxylic acids is 1. The molecule has 7 heteroatoms. The molecule has 1 aliphatic heterocycles. The van der Waals surface area contributed by atoms with Crippen LogP contribution in [0.15, 0.2) is 0 Å². The van der Waals surface area contributed by atoms with E-state index in [9.17, 15) is 18.0 Å². The van der Waals surface area contributed by atoms with Gasteiger partial charge in [-0.15, -0.1) is 0 Å². The van der Waals surface area contributed by atoms with Crippen LogP contribution >= 0.6 is 0 Å². The molecule has 94 valence electrons. The van der Waals surface area contributed by atoms with Gasteiger partial charge in [-0.2, -0.15) is 13.2 Å². The molecule has 0 unspecified atom stereocenters. The molecule has 0 bridgehead atoms. The fraction of sp³-hybridized carbons (Fsp3) is 0.889. The van der Waals surface area contributed by atoms with Crippen molar-refractivity contribution in [2.24, 2.45) is 0 Å². The Bertz CT molecular complexity index is 237. The largest absolute Gasteiger partial charge is 0.471 e. The summed E-state index contributed by atoms with van der Waals surface area (Å²) in [5.41, 5.74) is 0. The van der Waals surface area contributed by atoms with Gasteiger partial charge in [-0.1, -0.05) is 0 Å². The number of hydrogen-bond donors (Lipinski definition) is 1. The summed E-state index contributed by atoms with van der Waals surface area (Å²) in [6.07, 6.45) is -4.78. The number of hydrogen-bond acceptors (Lipinski definition) is 3. The molecule has 0 aromatic rings. The van der Waals surface area contributed by atoms with Crippen LogP contribution in [0.2, 0.25) is 0 Å².